The van der Waals surface area contributed by atoms with Gasteiger partial charge in [0.05, 0.1) is 29.3 Å². The second-order valence-electron chi connectivity index (χ2n) is 5.32. The number of nitrogens with zero attached hydrogens (tertiary/aromatic N) is 2. The molecule has 0 spiro atoms. The Bertz CT molecular complexity index is 730. The number of rotatable bonds is 4. The normalized spacial score (nSPS) is 17.3. The number of nitro benzene ring substituents is 1. The molecule has 0 bridgehead atoms. The zero-order valence-electron chi connectivity index (χ0n) is 12.6. The van der Waals surface area contributed by atoms with Gasteiger partial charge in [-0.2, -0.15) is 0 Å². The molecule has 3 rings (SSSR count). The molecule has 2 heterocycles. The number of nitro groups is 1. The van der Waals surface area contributed by atoms with E-state index in [1.54, 1.807) is 17.4 Å². The van der Waals surface area contributed by atoms with Crippen LogP contribution in [0.1, 0.15) is 34.1 Å². The molecule has 6 nitrogen and oxygen atoms in total. The first-order valence-corrected chi connectivity index (χ1v) is 8.16. The molecule has 1 fully saturated rings. The highest BCUT2D eigenvalue weighted by atomic mass is 32.1. The zero-order chi connectivity index (χ0) is 16.4. The molecule has 1 saturated heterocycles. The van der Waals surface area contributed by atoms with E-state index >= 15 is 0 Å². The highest BCUT2D eigenvalue weighted by Gasteiger charge is 2.30. The van der Waals surface area contributed by atoms with Gasteiger partial charge in [-0.25, -0.2) is 4.79 Å². The average molecular weight is 332 g/mol. The number of esters is 1. The van der Waals surface area contributed by atoms with Gasteiger partial charge in [0.2, 0.25) is 0 Å². The Balaban J connectivity index is 2.04. The summed E-state index contributed by atoms with van der Waals surface area (Å²) < 4.78 is 4.81. The van der Waals surface area contributed by atoms with Crippen LogP contribution in [0.3, 0.4) is 0 Å². The molecule has 7 heteroatoms. The summed E-state index contributed by atoms with van der Waals surface area (Å²) in [4.78, 5) is 26.0. The van der Waals surface area contributed by atoms with Crippen LogP contribution < -0.4 is 4.90 Å². The van der Waals surface area contributed by atoms with E-state index < -0.39 is 10.9 Å². The van der Waals surface area contributed by atoms with E-state index in [1.165, 1.54) is 24.1 Å². The first-order chi connectivity index (χ1) is 11.1. The zero-order valence-corrected chi connectivity index (χ0v) is 13.4. The molecule has 1 unspecified atom stereocenters. The maximum Gasteiger partial charge on any atom is 0.340 e. The number of ether oxygens (including phenoxy) is 1. The number of methoxy groups -OCH3 is 1. The number of hydrogen-bond donors (Lipinski definition) is 0. The molecule has 1 aromatic heterocycles. The van der Waals surface area contributed by atoms with Gasteiger partial charge in [0.1, 0.15) is 0 Å². The van der Waals surface area contributed by atoms with E-state index in [2.05, 4.69) is 11.0 Å². The summed E-state index contributed by atoms with van der Waals surface area (Å²) in [5, 5.41) is 13.0. The smallest absolute Gasteiger partial charge is 0.340 e. The van der Waals surface area contributed by atoms with Crippen molar-refractivity contribution >= 4 is 28.7 Å². The van der Waals surface area contributed by atoms with Crippen LogP contribution in [0.2, 0.25) is 0 Å². The lowest BCUT2D eigenvalue weighted by atomic mass is 10.1. The Kier molecular flexibility index (Phi) is 4.29. The van der Waals surface area contributed by atoms with Crippen LogP contribution in [-0.2, 0) is 4.74 Å². The van der Waals surface area contributed by atoms with E-state index in [1.807, 2.05) is 11.4 Å². The lowest BCUT2D eigenvalue weighted by Gasteiger charge is -2.27. The summed E-state index contributed by atoms with van der Waals surface area (Å²) >= 11 is 1.68. The summed E-state index contributed by atoms with van der Waals surface area (Å²) in [6.07, 6.45) is 2.01. The second-order valence-corrected chi connectivity index (χ2v) is 6.30. The van der Waals surface area contributed by atoms with E-state index in [0.717, 1.165) is 19.4 Å². The summed E-state index contributed by atoms with van der Waals surface area (Å²) in [5.74, 6) is -0.555. The van der Waals surface area contributed by atoms with Crippen molar-refractivity contribution in [2.75, 3.05) is 18.6 Å². The largest absolute Gasteiger partial charge is 0.465 e. The Morgan fingerprint density at radius 1 is 1.43 bits per heavy atom. The van der Waals surface area contributed by atoms with Crippen LogP contribution in [0.15, 0.2) is 35.7 Å². The lowest BCUT2D eigenvalue weighted by Crippen LogP contribution is -2.24. The maximum absolute atomic E-state index is 12.1. The number of anilines is 1. The van der Waals surface area contributed by atoms with Crippen LogP contribution in [-0.4, -0.2) is 24.5 Å². The predicted molar refractivity (Wildman–Crippen MR) is 88.1 cm³/mol. The summed E-state index contributed by atoms with van der Waals surface area (Å²) in [6, 6.07) is 8.66. The minimum absolute atomic E-state index is 0.110. The fraction of sp³-hybridized carbons (Fsp3) is 0.312. The molecule has 2 aromatic rings. The van der Waals surface area contributed by atoms with Gasteiger partial charge in [0.15, 0.2) is 0 Å². The van der Waals surface area contributed by atoms with Crippen molar-refractivity contribution in [2.45, 2.75) is 18.9 Å². The Morgan fingerprint density at radius 2 is 2.26 bits per heavy atom. The molecule has 0 radical (unpaired) electrons. The van der Waals surface area contributed by atoms with Gasteiger partial charge >= 0.3 is 5.97 Å². The minimum atomic E-state index is -0.555. The van der Waals surface area contributed by atoms with Crippen LogP contribution in [0, 0.1) is 10.1 Å². The molecule has 1 aliphatic rings. The average Bonchev–Trinajstić information content (AvgIpc) is 3.23. The minimum Gasteiger partial charge on any atom is -0.465 e. The Labute approximate surface area is 137 Å². The van der Waals surface area contributed by atoms with E-state index in [0.29, 0.717) is 5.69 Å². The van der Waals surface area contributed by atoms with Crippen molar-refractivity contribution < 1.29 is 14.5 Å². The van der Waals surface area contributed by atoms with Crippen molar-refractivity contribution in [3.8, 4) is 0 Å². The maximum atomic E-state index is 12.1. The van der Waals surface area contributed by atoms with Crippen molar-refractivity contribution in [3.63, 3.8) is 0 Å². The lowest BCUT2D eigenvalue weighted by molar-refractivity contribution is -0.384. The summed E-state index contributed by atoms with van der Waals surface area (Å²) in [5.41, 5.74) is 0.824. The number of carbonyl (C=O) groups excluding carboxylic acids is 1. The van der Waals surface area contributed by atoms with Crippen LogP contribution >= 0.6 is 11.3 Å². The van der Waals surface area contributed by atoms with Gasteiger partial charge in [-0.1, -0.05) is 6.07 Å². The van der Waals surface area contributed by atoms with Crippen molar-refractivity contribution in [1.82, 2.24) is 0 Å². The van der Waals surface area contributed by atoms with E-state index in [9.17, 15) is 14.9 Å². The highest BCUT2D eigenvalue weighted by Crippen LogP contribution is 2.40. The fourth-order valence-electron chi connectivity index (χ4n) is 2.99. The number of thiophene rings is 1. The first-order valence-electron chi connectivity index (χ1n) is 7.28. The molecular formula is C16H16N2O4S. The molecule has 1 aliphatic heterocycles. The third-order valence-corrected chi connectivity index (χ3v) is 5.00. The molecule has 1 aromatic carbocycles. The van der Waals surface area contributed by atoms with E-state index in [4.69, 9.17) is 4.74 Å². The molecule has 0 saturated carbocycles. The Morgan fingerprint density at radius 3 is 2.91 bits per heavy atom. The monoisotopic (exact) mass is 332 g/mol. The molecule has 120 valence electrons. The standard InChI is InChI=1S/C16H16N2O4S/c1-22-16(19)12-10-11(18(20)21)6-7-13(12)17-8-2-4-14(17)15-5-3-9-23-15/h3,5-7,9-10,14H,2,4,8H2,1H3. The first kappa shape index (κ1) is 15.5. The van der Waals surface area contributed by atoms with Crippen LogP contribution in [0.4, 0.5) is 11.4 Å². The summed E-state index contributed by atoms with van der Waals surface area (Å²) in [7, 11) is 1.28. The molecule has 23 heavy (non-hydrogen) atoms. The van der Waals surface area contributed by atoms with Crippen LogP contribution in [0.25, 0.3) is 0 Å². The van der Waals surface area contributed by atoms with Crippen molar-refractivity contribution in [2.24, 2.45) is 0 Å². The highest BCUT2D eigenvalue weighted by molar-refractivity contribution is 7.10. The molecular weight excluding hydrogens is 316 g/mol. The van der Waals surface area contributed by atoms with Gasteiger partial charge in [-0.05, 0) is 30.4 Å². The van der Waals surface area contributed by atoms with Crippen molar-refractivity contribution in [3.05, 3.63) is 56.3 Å². The van der Waals surface area contributed by atoms with Crippen LogP contribution in [0.5, 0.6) is 0 Å². The summed E-state index contributed by atoms with van der Waals surface area (Å²) in [6.45, 7) is 0.810. The molecule has 0 N–H and O–H groups in total. The number of carbonyl (C=O) groups is 1. The molecule has 1 atom stereocenters. The molecule has 0 aliphatic carbocycles. The SMILES string of the molecule is COC(=O)c1cc([N+](=O)[O-])ccc1N1CCCC1c1cccs1. The molecule has 0 amide bonds. The number of hydrogen-bond acceptors (Lipinski definition) is 6. The quantitative estimate of drug-likeness (QED) is 0.484. The van der Waals surface area contributed by atoms with Gasteiger partial charge in [0.25, 0.3) is 5.69 Å². The Hall–Kier alpha value is -2.41. The second kappa shape index (κ2) is 6.37. The van der Waals surface area contributed by atoms with Gasteiger partial charge < -0.3 is 9.64 Å². The van der Waals surface area contributed by atoms with Gasteiger partial charge in [-0.3, -0.25) is 10.1 Å². The van der Waals surface area contributed by atoms with E-state index in [-0.39, 0.29) is 17.3 Å². The number of non-ortho nitro benzene ring substituents is 1. The van der Waals surface area contributed by atoms with Gasteiger partial charge in [0, 0.05) is 23.6 Å². The van der Waals surface area contributed by atoms with Crippen molar-refractivity contribution in [1.29, 1.82) is 0 Å². The predicted octanol–water partition coefficient (Wildman–Crippen LogP) is 3.78. The number of benzene rings is 1. The van der Waals surface area contributed by atoms with Gasteiger partial charge in [-0.15, -0.1) is 11.3 Å². The third-order valence-electron chi connectivity index (χ3n) is 4.03. The third kappa shape index (κ3) is 2.92. The fourth-order valence-corrected chi connectivity index (χ4v) is 3.87. The topological polar surface area (TPSA) is 72.7 Å².